The number of nitrogens with zero attached hydrogens (tertiary/aromatic N) is 4. The van der Waals surface area contributed by atoms with Gasteiger partial charge in [0.05, 0.1) is 5.69 Å². The molecule has 1 aliphatic carbocycles. The highest BCUT2D eigenvalue weighted by atomic mass is 16.2. The predicted octanol–water partition coefficient (Wildman–Crippen LogP) is 0.772. The first-order valence-electron chi connectivity index (χ1n) is 7.50. The summed E-state index contributed by atoms with van der Waals surface area (Å²) in [6.07, 6.45) is 5.68. The van der Waals surface area contributed by atoms with E-state index in [1.807, 2.05) is 0 Å². The molecule has 1 aliphatic heterocycles. The zero-order valence-corrected chi connectivity index (χ0v) is 12.2. The first kappa shape index (κ1) is 13.9. The minimum atomic E-state index is -0.0134. The van der Waals surface area contributed by atoms with Crippen molar-refractivity contribution in [3.8, 4) is 0 Å². The molecule has 0 radical (unpaired) electrons. The maximum absolute atomic E-state index is 11.6. The van der Waals surface area contributed by atoms with E-state index in [0.29, 0.717) is 24.9 Å². The van der Waals surface area contributed by atoms with Crippen molar-refractivity contribution < 1.29 is 4.79 Å². The van der Waals surface area contributed by atoms with E-state index in [1.165, 1.54) is 18.9 Å². The van der Waals surface area contributed by atoms with Crippen LogP contribution in [0.25, 0.3) is 0 Å². The van der Waals surface area contributed by atoms with Crippen LogP contribution in [-0.4, -0.2) is 47.0 Å². The summed E-state index contributed by atoms with van der Waals surface area (Å²) >= 11 is 0. The maximum atomic E-state index is 11.6. The first-order chi connectivity index (χ1) is 10.2. The first-order valence-corrected chi connectivity index (χ1v) is 7.50. The SMILES string of the molecule is C=CC(=O)N1CCN(c2nc(N)c3c(n2)CCCC3)CC1. The monoisotopic (exact) mass is 287 g/mol. The zero-order valence-electron chi connectivity index (χ0n) is 12.2. The average molecular weight is 287 g/mol. The number of carbonyl (C=O) groups excluding carboxylic acids is 1. The van der Waals surface area contributed by atoms with Crippen molar-refractivity contribution in [1.29, 1.82) is 0 Å². The highest BCUT2D eigenvalue weighted by Gasteiger charge is 2.23. The number of aryl methyl sites for hydroxylation is 1. The van der Waals surface area contributed by atoms with Gasteiger partial charge < -0.3 is 15.5 Å². The Bertz CT molecular complexity index is 563. The van der Waals surface area contributed by atoms with Crippen LogP contribution >= 0.6 is 0 Å². The Hall–Kier alpha value is -2.11. The third kappa shape index (κ3) is 2.70. The second-order valence-electron chi connectivity index (χ2n) is 5.56. The van der Waals surface area contributed by atoms with Crippen molar-refractivity contribution >= 4 is 17.7 Å². The standard InChI is InChI=1S/C15H21N5O/c1-2-13(21)19-7-9-20(10-8-19)15-17-12-6-4-3-5-11(12)14(16)18-15/h2H,1,3-10H2,(H2,16,17,18). The van der Waals surface area contributed by atoms with Gasteiger partial charge in [-0.3, -0.25) is 4.79 Å². The Morgan fingerprint density at radius 3 is 2.57 bits per heavy atom. The number of hydrogen-bond donors (Lipinski definition) is 1. The van der Waals surface area contributed by atoms with Crippen molar-refractivity contribution in [3.05, 3.63) is 23.9 Å². The number of nitrogen functional groups attached to an aromatic ring is 1. The van der Waals surface area contributed by atoms with Crippen LogP contribution in [-0.2, 0) is 17.6 Å². The highest BCUT2D eigenvalue weighted by Crippen LogP contribution is 2.26. The molecular weight excluding hydrogens is 266 g/mol. The van der Waals surface area contributed by atoms with Gasteiger partial charge in [0.1, 0.15) is 5.82 Å². The molecule has 1 fully saturated rings. The number of rotatable bonds is 2. The van der Waals surface area contributed by atoms with Crippen LogP contribution in [0.15, 0.2) is 12.7 Å². The van der Waals surface area contributed by atoms with Gasteiger partial charge in [0.15, 0.2) is 0 Å². The molecule has 1 saturated heterocycles. The summed E-state index contributed by atoms with van der Waals surface area (Å²) in [6, 6.07) is 0. The number of hydrogen-bond acceptors (Lipinski definition) is 5. The summed E-state index contributed by atoms with van der Waals surface area (Å²) < 4.78 is 0. The Kier molecular flexibility index (Phi) is 3.77. The molecular formula is C15H21N5O. The van der Waals surface area contributed by atoms with Crippen LogP contribution in [0, 0.1) is 0 Å². The summed E-state index contributed by atoms with van der Waals surface area (Å²) in [5.74, 6) is 1.32. The molecule has 0 saturated carbocycles. The lowest BCUT2D eigenvalue weighted by Gasteiger charge is -2.34. The molecule has 6 heteroatoms. The van der Waals surface area contributed by atoms with Crippen molar-refractivity contribution in [3.63, 3.8) is 0 Å². The summed E-state index contributed by atoms with van der Waals surface area (Å²) in [5, 5.41) is 0. The largest absolute Gasteiger partial charge is 0.383 e. The third-order valence-electron chi connectivity index (χ3n) is 4.25. The topological polar surface area (TPSA) is 75.4 Å². The van der Waals surface area contributed by atoms with Gasteiger partial charge in [-0.15, -0.1) is 0 Å². The minimum absolute atomic E-state index is 0.0134. The number of nitrogens with two attached hydrogens (primary N) is 1. The number of amides is 1. The Morgan fingerprint density at radius 2 is 1.86 bits per heavy atom. The average Bonchev–Trinajstić information content (AvgIpc) is 2.54. The van der Waals surface area contributed by atoms with E-state index in [4.69, 9.17) is 10.7 Å². The highest BCUT2D eigenvalue weighted by molar-refractivity contribution is 5.87. The van der Waals surface area contributed by atoms with Crippen LogP contribution in [0.3, 0.4) is 0 Å². The fourth-order valence-electron chi connectivity index (χ4n) is 3.01. The van der Waals surface area contributed by atoms with Gasteiger partial charge >= 0.3 is 0 Å². The molecule has 2 N–H and O–H groups in total. The van der Waals surface area contributed by atoms with E-state index in [-0.39, 0.29) is 5.91 Å². The molecule has 1 aromatic heterocycles. The van der Waals surface area contributed by atoms with E-state index < -0.39 is 0 Å². The molecule has 112 valence electrons. The number of fused-ring (bicyclic) bond motifs is 1. The smallest absolute Gasteiger partial charge is 0.246 e. The van der Waals surface area contributed by atoms with Gasteiger partial charge in [0.25, 0.3) is 0 Å². The van der Waals surface area contributed by atoms with Crippen molar-refractivity contribution in [2.24, 2.45) is 0 Å². The number of carbonyl (C=O) groups is 1. The van der Waals surface area contributed by atoms with Gasteiger partial charge in [-0.1, -0.05) is 6.58 Å². The molecule has 0 bridgehead atoms. The van der Waals surface area contributed by atoms with E-state index >= 15 is 0 Å². The Labute approximate surface area is 124 Å². The molecule has 1 aromatic rings. The quantitative estimate of drug-likeness (QED) is 0.813. The molecule has 0 unspecified atom stereocenters. The van der Waals surface area contributed by atoms with Gasteiger partial charge in [0, 0.05) is 31.7 Å². The molecule has 2 aliphatic rings. The lowest BCUT2D eigenvalue weighted by Crippen LogP contribution is -2.49. The number of aromatic nitrogens is 2. The lowest BCUT2D eigenvalue weighted by atomic mass is 9.96. The van der Waals surface area contributed by atoms with Gasteiger partial charge in [-0.2, -0.15) is 4.98 Å². The molecule has 0 atom stereocenters. The minimum Gasteiger partial charge on any atom is -0.383 e. The van der Waals surface area contributed by atoms with E-state index in [2.05, 4.69) is 16.5 Å². The second-order valence-corrected chi connectivity index (χ2v) is 5.56. The van der Waals surface area contributed by atoms with Crippen LogP contribution in [0.1, 0.15) is 24.1 Å². The van der Waals surface area contributed by atoms with Crippen LogP contribution in [0.5, 0.6) is 0 Å². The van der Waals surface area contributed by atoms with Gasteiger partial charge in [0.2, 0.25) is 11.9 Å². The molecule has 2 heterocycles. The fourth-order valence-corrected chi connectivity index (χ4v) is 3.01. The number of piperazine rings is 1. The van der Waals surface area contributed by atoms with Gasteiger partial charge in [-0.05, 0) is 31.8 Å². The molecule has 1 amide bonds. The molecule has 3 rings (SSSR count). The molecule has 0 aromatic carbocycles. The van der Waals surface area contributed by atoms with E-state index in [1.54, 1.807) is 4.90 Å². The molecule has 0 spiro atoms. The summed E-state index contributed by atoms with van der Waals surface area (Å²) in [7, 11) is 0. The normalized spacial score (nSPS) is 18.3. The Balaban J connectivity index is 1.75. The van der Waals surface area contributed by atoms with Gasteiger partial charge in [-0.25, -0.2) is 4.98 Å². The van der Waals surface area contributed by atoms with Crippen molar-refractivity contribution in [2.45, 2.75) is 25.7 Å². The summed E-state index contributed by atoms with van der Waals surface area (Å²) in [6.45, 7) is 6.34. The number of anilines is 2. The van der Waals surface area contributed by atoms with E-state index in [9.17, 15) is 4.79 Å². The third-order valence-corrected chi connectivity index (χ3v) is 4.25. The Morgan fingerprint density at radius 1 is 1.14 bits per heavy atom. The zero-order chi connectivity index (χ0) is 14.8. The van der Waals surface area contributed by atoms with Crippen molar-refractivity contribution in [2.75, 3.05) is 36.8 Å². The maximum Gasteiger partial charge on any atom is 0.246 e. The van der Waals surface area contributed by atoms with Crippen molar-refractivity contribution in [1.82, 2.24) is 14.9 Å². The molecule has 21 heavy (non-hydrogen) atoms. The lowest BCUT2D eigenvalue weighted by molar-refractivity contribution is -0.126. The van der Waals surface area contributed by atoms with Crippen LogP contribution in [0.4, 0.5) is 11.8 Å². The second kappa shape index (κ2) is 5.71. The fraction of sp³-hybridized carbons (Fsp3) is 0.533. The summed E-state index contributed by atoms with van der Waals surface area (Å²) in [4.78, 5) is 24.7. The predicted molar refractivity (Wildman–Crippen MR) is 82.1 cm³/mol. The van der Waals surface area contributed by atoms with E-state index in [0.717, 1.165) is 37.2 Å². The van der Waals surface area contributed by atoms with Crippen LogP contribution < -0.4 is 10.6 Å². The summed E-state index contributed by atoms with van der Waals surface area (Å²) in [5.41, 5.74) is 8.33. The van der Waals surface area contributed by atoms with Crippen LogP contribution in [0.2, 0.25) is 0 Å². The molecule has 6 nitrogen and oxygen atoms in total.